The number of rotatable bonds is 1. The van der Waals surface area contributed by atoms with Gasteiger partial charge in [0.25, 0.3) is 5.82 Å². The number of hydrogen-bond acceptors (Lipinski definition) is 1. The highest BCUT2D eigenvalue weighted by Gasteiger charge is 2.23. The molecule has 3 heteroatoms. The first-order chi connectivity index (χ1) is 11.1. The molecule has 3 nitrogen and oxygen atoms in total. The van der Waals surface area contributed by atoms with Crippen molar-refractivity contribution in [2.24, 2.45) is 7.05 Å². The molecule has 0 bridgehead atoms. The molecule has 0 unspecified atom stereocenters. The van der Waals surface area contributed by atoms with E-state index >= 15 is 0 Å². The van der Waals surface area contributed by atoms with E-state index in [2.05, 4.69) is 79.5 Å². The highest BCUT2D eigenvalue weighted by molar-refractivity contribution is 6.07. The lowest BCUT2D eigenvalue weighted by Crippen LogP contribution is -2.33. The maximum atomic E-state index is 4.74. The zero-order chi connectivity index (χ0) is 16.1. The third-order valence-corrected chi connectivity index (χ3v) is 4.69. The topological polar surface area (TPSA) is 21.7 Å². The van der Waals surface area contributed by atoms with Gasteiger partial charge in [-0.05, 0) is 50.1 Å². The van der Waals surface area contributed by atoms with Gasteiger partial charge < -0.3 is 0 Å². The number of aryl methyl sites for hydroxylation is 4. The fraction of sp³-hybridized carbons (Fsp3) is 0.200. The summed E-state index contributed by atoms with van der Waals surface area (Å²) in [6, 6.07) is 12.9. The van der Waals surface area contributed by atoms with Crippen LogP contribution in [0.15, 0.2) is 48.8 Å². The van der Waals surface area contributed by atoms with Crippen LogP contribution in [0, 0.1) is 20.8 Å². The standard InChI is InChI=1S/C20H20N3/c1-13-9-10-22(4)18(11-13)23-17-8-6-5-7-16(17)19-20(23)15(3)14(2)12-21-19/h5-12H,1-4H3/q+1. The number of benzene rings is 1. The molecule has 114 valence electrons. The second kappa shape index (κ2) is 4.92. The highest BCUT2D eigenvalue weighted by atomic mass is 15.1. The molecule has 3 heterocycles. The Labute approximate surface area is 135 Å². The van der Waals surface area contributed by atoms with E-state index in [9.17, 15) is 0 Å². The molecule has 0 amide bonds. The van der Waals surface area contributed by atoms with Crippen LogP contribution < -0.4 is 4.57 Å². The van der Waals surface area contributed by atoms with Gasteiger partial charge in [0.2, 0.25) is 0 Å². The molecular formula is C20H20N3+. The number of nitrogens with zero attached hydrogens (tertiary/aromatic N) is 3. The lowest BCUT2D eigenvalue weighted by Gasteiger charge is -2.07. The molecule has 0 spiro atoms. The van der Waals surface area contributed by atoms with Crippen molar-refractivity contribution in [3.63, 3.8) is 0 Å². The van der Waals surface area contributed by atoms with Crippen molar-refractivity contribution in [1.82, 2.24) is 9.55 Å². The Morgan fingerprint density at radius 2 is 1.83 bits per heavy atom. The van der Waals surface area contributed by atoms with E-state index in [-0.39, 0.29) is 0 Å². The van der Waals surface area contributed by atoms with Crippen molar-refractivity contribution in [2.75, 3.05) is 0 Å². The van der Waals surface area contributed by atoms with Crippen LogP contribution in [0.1, 0.15) is 16.7 Å². The lowest BCUT2D eigenvalue weighted by molar-refractivity contribution is -0.665. The van der Waals surface area contributed by atoms with Gasteiger partial charge in [-0.2, -0.15) is 4.57 Å². The molecule has 23 heavy (non-hydrogen) atoms. The summed E-state index contributed by atoms with van der Waals surface area (Å²) in [6.45, 7) is 6.44. The van der Waals surface area contributed by atoms with E-state index in [1.807, 2.05) is 6.20 Å². The van der Waals surface area contributed by atoms with Gasteiger partial charge in [-0.3, -0.25) is 4.98 Å². The van der Waals surface area contributed by atoms with Gasteiger partial charge in [0.05, 0.1) is 18.6 Å². The Bertz CT molecular complexity index is 1060. The van der Waals surface area contributed by atoms with Crippen molar-refractivity contribution in [3.8, 4) is 5.82 Å². The van der Waals surface area contributed by atoms with Gasteiger partial charge in [-0.15, -0.1) is 0 Å². The molecule has 4 rings (SSSR count). The van der Waals surface area contributed by atoms with Crippen molar-refractivity contribution < 1.29 is 4.57 Å². The minimum Gasteiger partial charge on any atom is -0.251 e. The third-order valence-electron chi connectivity index (χ3n) is 4.69. The number of aromatic nitrogens is 3. The van der Waals surface area contributed by atoms with Crippen molar-refractivity contribution >= 4 is 21.9 Å². The predicted molar refractivity (Wildman–Crippen MR) is 94.0 cm³/mol. The normalized spacial score (nSPS) is 11.5. The van der Waals surface area contributed by atoms with Gasteiger partial charge >= 0.3 is 0 Å². The van der Waals surface area contributed by atoms with E-state index in [0.29, 0.717) is 0 Å². The van der Waals surface area contributed by atoms with E-state index in [0.717, 1.165) is 11.3 Å². The van der Waals surface area contributed by atoms with Gasteiger partial charge in [0, 0.05) is 17.8 Å². The first-order valence-electron chi connectivity index (χ1n) is 7.90. The molecule has 0 aliphatic rings. The van der Waals surface area contributed by atoms with Crippen LogP contribution in [0.25, 0.3) is 27.8 Å². The largest absolute Gasteiger partial charge is 0.287 e. The molecule has 0 radical (unpaired) electrons. The smallest absolute Gasteiger partial charge is 0.251 e. The summed E-state index contributed by atoms with van der Waals surface area (Å²) < 4.78 is 4.51. The zero-order valence-corrected chi connectivity index (χ0v) is 14.0. The van der Waals surface area contributed by atoms with Crippen molar-refractivity contribution in [3.05, 3.63) is 65.5 Å². The van der Waals surface area contributed by atoms with E-state index < -0.39 is 0 Å². The molecule has 1 aromatic carbocycles. The van der Waals surface area contributed by atoms with E-state index in [1.54, 1.807) is 0 Å². The molecule has 0 aliphatic heterocycles. The van der Waals surface area contributed by atoms with E-state index in [1.165, 1.54) is 33.1 Å². The lowest BCUT2D eigenvalue weighted by atomic mass is 10.1. The number of hydrogen-bond donors (Lipinski definition) is 0. The van der Waals surface area contributed by atoms with Gasteiger partial charge in [0.1, 0.15) is 11.0 Å². The summed E-state index contributed by atoms with van der Waals surface area (Å²) in [6.07, 6.45) is 4.09. The predicted octanol–water partition coefficient (Wildman–Crippen LogP) is 3.93. The van der Waals surface area contributed by atoms with Crippen LogP contribution in [0.2, 0.25) is 0 Å². The first kappa shape index (κ1) is 13.9. The molecule has 0 aliphatic carbocycles. The summed E-state index contributed by atoms with van der Waals surface area (Å²) in [7, 11) is 2.09. The third kappa shape index (κ3) is 1.96. The fourth-order valence-electron chi connectivity index (χ4n) is 3.26. The van der Waals surface area contributed by atoms with Crippen LogP contribution in [0.3, 0.4) is 0 Å². The summed E-state index contributed by atoms with van der Waals surface area (Å²) >= 11 is 0. The van der Waals surface area contributed by atoms with Crippen molar-refractivity contribution in [2.45, 2.75) is 20.8 Å². The van der Waals surface area contributed by atoms with Crippen LogP contribution in [-0.4, -0.2) is 9.55 Å². The second-order valence-electron chi connectivity index (χ2n) is 6.29. The minimum atomic E-state index is 1.07. The number of para-hydroxylation sites is 1. The van der Waals surface area contributed by atoms with Gasteiger partial charge in [-0.1, -0.05) is 12.1 Å². The summed E-state index contributed by atoms with van der Waals surface area (Å²) in [5.74, 6) is 1.16. The Kier molecular flexibility index (Phi) is 2.98. The van der Waals surface area contributed by atoms with Crippen LogP contribution in [-0.2, 0) is 7.05 Å². The zero-order valence-electron chi connectivity index (χ0n) is 14.0. The monoisotopic (exact) mass is 302 g/mol. The van der Waals surface area contributed by atoms with Gasteiger partial charge in [0.15, 0.2) is 5.52 Å². The molecule has 0 N–H and O–H groups in total. The first-order valence-corrected chi connectivity index (χ1v) is 7.90. The quantitative estimate of drug-likeness (QED) is 0.488. The Hall–Kier alpha value is -2.68. The SMILES string of the molecule is Cc1cc[n+](C)c(-n2c3ccccc3c3ncc(C)c(C)c32)c1. The summed E-state index contributed by atoms with van der Waals surface area (Å²) in [4.78, 5) is 4.74. The molecule has 0 atom stereocenters. The summed E-state index contributed by atoms with van der Waals surface area (Å²) in [5, 5.41) is 1.20. The Morgan fingerprint density at radius 1 is 1.04 bits per heavy atom. The van der Waals surface area contributed by atoms with E-state index in [4.69, 9.17) is 4.98 Å². The maximum Gasteiger partial charge on any atom is 0.287 e. The average molecular weight is 302 g/mol. The fourth-order valence-corrected chi connectivity index (χ4v) is 3.26. The number of fused-ring (bicyclic) bond motifs is 3. The Morgan fingerprint density at radius 3 is 2.65 bits per heavy atom. The van der Waals surface area contributed by atoms with Crippen molar-refractivity contribution in [1.29, 1.82) is 0 Å². The molecule has 4 aromatic rings. The van der Waals surface area contributed by atoms with Gasteiger partial charge in [-0.25, -0.2) is 4.57 Å². The molecule has 0 saturated heterocycles. The molecule has 3 aromatic heterocycles. The van der Waals surface area contributed by atoms with Crippen LogP contribution in [0.4, 0.5) is 0 Å². The average Bonchev–Trinajstić information content (AvgIpc) is 2.88. The maximum absolute atomic E-state index is 4.74. The minimum absolute atomic E-state index is 1.07. The number of pyridine rings is 2. The molecule has 0 saturated carbocycles. The Balaban J connectivity index is 2.28. The second-order valence-corrected chi connectivity index (χ2v) is 6.29. The molecule has 0 fully saturated rings. The van der Waals surface area contributed by atoms with Crippen LogP contribution in [0.5, 0.6) is 0 Å². The highest BCUT2D eigenvalue weighted by Crippen LogP contribution is 2.32. The summed E-state index contributed by atoms with van der Waals surface area (Å²) in [5.41, 5.74) is 7.23. The molecular weight excluding hydrogens is 282 g/mol. The van der Waals surface area contributed by atoms with Crippen LogP contribution >= 0.6 is 0 Å².